The van der Waals surface area contributed by atoms with Gasteiger partial charge in [0.15, 0.2) is 0 Å². The number of hydrogen-bond acceptors (Lipinski definition) is 3. The lowest BCUT2D eigenvalue weighted by Crippen LogP contribution is -2.34. The first kappa shape index (κ1) is 17.3. The highest BCUT2D eigenvalue weighted by Crippen LogP contribution is 2.22. The molecule has 1 saturated heterocycles. The van der Waals surface area contributed by atoms with Gasteiger partial charge in [-0.1, -0.05) is 6.07 Å². The number of nitrogens with one attached hydrogen (secondary N) is 2. The van der Waals surface area contributed by atoms with Gasteiger partial charge in [0.05, 0.1) is 0 Å². The van der Waals surface area contributed by atoms with Crippen molar-refractivity contribution in [3.8, 4) is 5.75 Å². The van der Waals surface area contributed by atoms with E-state index in [0.717, 1.165) is 25.9 Å². The molecule has 1 aliphatic heterocycles. The van der Waals surface area contributed by atoms with E-state index in [-0.39, 0.29) is 6.10 Å². The SMILES string of the molecule is O=C(Nc1cccc(OC2CCNCC2)c1)c1c(F)cc(F)cc1F. The molecular formula is C18H17F3N2O2. The number of carbonyl (C=O) groups is 1. The molecule has 0 atom stereocenters. The molecular weight excluding hydrogens is 333 g/mol. The first-order valence-electron chi connectivity index (χ1n) is 7.96. The highest BCUT2D eigenvalue weighted by molar-refractivity contribution is 6.04. The minimum atomic E-state index is -1.25. The molecule has 0 aliphatic carbocycles. The number of rotatable bonds is 4. The topological polar surface area (TPSA) is 50.4 Å². The molecule has 2 aromatic carbocycles. The van der Waals surface area contributed by atoms with E-state index in [2.05, 4.69) is 10.6 Å². The third-order valence-corrected chi connectivity index (χ3v) is 3.91. The molecule has 2 aromatic rings. The molecule has 1 fully saturated rings. The second-order valence-electron chi connectivity index (χ2n) is 5.79. The summed E-state index contributed by atoms with van der Waals surface area (Å²) in [6.45, 7) is 1.76. The Kier molecular flexibility index (Phi) is 5.23. The minimum absolute atomic E-state index is 0.0826. The number of amides is 1. The number of ether oxygens (including phenoxy) is 1. The van der Waals surface area contributed by atoms with Gasteiger partial charge in [-0.15, -0.1) is 0 Å². The minimum Gasteiger partial charge on any atom is -0.490 e. The Bertz CT molecular complexity index is 754. The fourth-order valence-electron chi connectivity index (χ4n) is 2.71. The summed E-state index contributed by atoms with van der Waals surface area (Å²) in [4.78, 5) is 12.1. The lowest BCUT2D eigenvalue weighted by molar-refractivity contribution is 0.101. The molecule has 132 valence electrons. The van der Waals surface area contributed by atoms with Crippen molar-refractivity contribution in [1.29, 1.82) is 0 Å². The van der Waals surface area contributed by atoms with Crippen LogP contribution in [0.5, 0.6) is 5.75 Å². The Morgan fingerprint density at radius 3 is 2.44 bits per heavy atom. The third kappa shape index (κ3) is 4.30. The summed E-state index contributed by atoms with van der Waals surface area (Å²) in [6, 6.07) is 7.51. The normalized spacial score (nSPS) is 15.0. The summed E-state index contributed by atoms with van der Waals surface area (Å²) in [5, 5.41) is 5.64. The van der Waals surface area contributed by atoms with Gasteiger partial charge in [0.2, 0.25) is 0 Å². The van der Waals surface area contributed by atoms with Gasteiger partial charge in [0, 0.05) is 23.9 Å². The predicted molar refractivity (Wildman–Crippen MR) is 87.2 cm³/mol. The molecule has 25 heavy (non-hydrogen) atoms. The van der Waals surface area contributed by atoms with Gasteiger partial charge in [-0.25, -0.2) is 13.2 Å². The van der Waals surface area contributed by atoms with Gasteiger partial charge in [-0.2, -0.15) is 0 Å². The second-order valence-corrected chi connectivity index (χ2v) is 5.79. The van der Waals surface area contributed by atoms with E-state index in [1.54, 1.807) is 24.3 Å². The fraction of sp³-hybridized carbons (Fsp3) is 0.278. The number of piperidine rings is 1. The number of anilines is 1. The Labute approximate surface area is 143 Å². The van der Waals surface area contributed by atoms with E-state index in [1.807, 2.05) is 0 Å². The average Bonchev–Trinajstić information content (AvgIpc) is 2.55. The van der Waals surface area contributed by atoms with E-state index < -0.39 is 28.9 Å². The second kappa shape index (κ2) is 7.57. The van der Waals surface area contributed by atoms with Gasteiger partial charge in [-0.05, 0) is 38.1 Å². The van der Waals surface area contributed by atoms with E-state index in [1.165, 1.54) is 0 Å². The third-order valence-electron chi connectivity index (χ3n) is 3.91. The molecule has 1 amide bonds. The Morgan fingerprint density at radius 2 is 1.76 bits per heavy atom. The maximum absolute atomic E-state index is 13.7. The van der Waals surface area contributed by atoms with E-state index in [4.69, 9.17) is 4.74 Å². The van der Waals surface area contributed by atoms with Crippen molar-refractivity contribution in [2.75, 3.05) is 18.4 Å². The van der Waals surface area contributed by atoms with Crippen LogP contribution in [-0.4, -0.2) is 25.1 Å². The maximum Gasteiger partial charge on any atom is 0.261 e. The van der Waals surface area contributed by atoms with Gasteiger partial charge in [0.25, 0.3) is 5.91 Å². The van der Waals surface area contributed by atoms with Crippen LogP contribution in [0.25, 0.3) is 0 Å². The van der Waals surface area contributed by atoms with Gasteiger partial charge < -0.3 is 15.4 Å². The van der Waals surface area contributed by atoms with E-state index in [0.29, 0.717) is 23.6 Å². The summed E-state index contributed by atoms with van der Waals surface area (Å²) < 4.78 is 46.2. The van der Waals surface area contributed by atoms with Crippen molar-refractivity contribution >= 4 is 11.6 Å². The zero-order valence-electron chi connectivity index (χ0n) is 13.3. The average molecular weight is 350 g/mol. The van der Waals surface area contributed by atoms with E-state index >= 15 is 0 Å². The van der Waals surface area contributed by atoms with Crippen molar-refractivity contribution < 1.29 is 22.7 Å². The number of benzene rings is 2. The summed E-state index contributed by atoms with van der Waals surface area (Å²) in [5.41, 5.74) is -0.495. The first-order chi connectivity index (χ1) is 12.0. The predicted octanol–water partition coefficient (Wildman–Crippen LogP) is 3.49. The van der Waals surface area contributed by atoms with Crippen LogP contribution in [0.2, 0.25) is 0 Å². The Hall–Kier alpha value is -2.54. The molecule has 0 saturated carbocycles. The Balaban J connectivity index is 1.72. The summed E-state index contributed by atoms with van der Waals surface area (Å²) in [7, 11) is 0. The van der Waals surface area contributed by atoms with Crippen LogP contribution in [-0.2, 0) is 0 Å². The lowest BCUT2D eigenvalue weighted by atomic mass is 10.1. The largest absolute Gasteiger partial charge is 0.490 e. The van der Waals surface area contributed by atoms with Crippen LogP contribution >= 0.6 is 0 Å². The first-order valence-corrected chi connectivity index (χ1v) is 7.96. The monoisotopic (exact) mass is 350 g/mol. The summed E-state index contributed by atoms with van der Waals surface area (Å²) >= 11 is 0. The zero-order valence-corrected chi connectivity index (χ0v) is 13.3. The molecule has 0 radical (unpaired) electrons. The van der Waals surface area contributed by atoms with E-state index in [9.17, 15) is 18.0 Å². The smallest absolute Gasteiger partial charge is 0.261 e. The van der Waals surface area contributed by atoms with Crippen LogP contribution in [0, 0.1) is 17.5 Å². The quantitative estimate of drug-likeness (QED) is 0.888. The van der Waals surface area contributed by atoms with Crippen LogP contribution < -0.4 is 15.4 Å². The summed E-state index contributed by atoms with van der Waals surface area (Å²) in [6.07, 6.45) is 1.84. The van der Waals surface area contributed by atoms with Crippen LogP contribution in [0.1, 0.15) is 23.2 Å². The summed E-state index contributed by atoms with van der Waals surface area (Å²) in [5.74, 6) is -4.02. The molecule has 4 nitrogen and oxygen atoms in total. The zero-order chi connectivity index (χ0) is 17.8. The maximum atomic E-state index is 13.7. The van der Waals surface area contributed by atoms with Crippen molar-refractivity contribution in [3.05, 3.63) is 59.4 Å². The molecule has 0 unspecified atom stereocenters. The van der Waals surface area contributed by atoms with Crippen LogP contribution in [0.3, 0.4) is 0 Å². The Morgan fingerprint density at radius 1 is 1.08 bits per heavy atom. The van der Waals surface area contributed by atoms with Crippen molar-refractivity contribution in [2.45, 2.75) is 18.9 Å². The highest BCUT2D eigenvalue weighted by atomic mass is 19.1. The van der Waals surface area contributed by atoms with Crippen molar-refractivity contribution in [1.82, 2.24) is 5.32 Å². The molecule has 3 rings (SSSR count). The number of hydrogen-bond donors (Lipinski definition) is 2. The van der Waals surface area contributed by atoms with Gasteiger partial charge in [-0.3, -0.25) is 4.79 Å². The fourth-order valence-corrected chi connectivity index (χ4v) is 2.71. The standard InChI is InChI=1S/C18H17F3N2O2/c19-11-8-15(20)17(16(21)9-11)18(24)23-12-2-1-3-14(10-12)25-13-4-6-22-7-5-13/h1-3,8-10,13,22H,4-7H2,(H,23,24). The molecule has 0 bridgehead atoms. The molecule has 0 aromatic heterocycles. The van der Waals surface area contributed by atoms with Gasteiger partial charge in [0.1, 0.15) is 34.9 Å². The number of carbonyl (C=O) groups excluding carboxylic acids is 1. The molecule has 7 heteroatoms. The lowest BCUT2D eigenvalue weighted by Gasteiger charge is -2.24. The highest BCUT2D eigenvalue weighted by Gasteiger charge is 2.20. The molecule has 1 heterocycles. The molecule has 1 aliphatic rings. The van der Waals surface area contributed by atoms with Crippen molar-refractivity contribution in [3.63, 3.8) is 0 Å². The van der Waals surface area contributed by atoms with Crippen LogP contribution in [0.4, 0.5) is 18.9 Å². The van der Waals surface area contributed by atoms with Gasteiger partial charge >= 0.3 is 0 Å². The number of halogens is 3. The van der Waals surface area contributed by atoms with Crippen LogP contribution in [0.15, 0.2) is 36.4 Å². The van der Waals surface area contributed by atoms with Crippen molar-refractivity contribution in [2.24, 2.45) is 0 Å². The molecule has 0 spiro atoms. The molecule has 2 N–H and O–H groups in total.